The highest BCUT2D eigenvalue weighted by molar-refractivity contribution is 5.59. The number of rotatable bonds is 11. The molecule has 0 radical (unpaired) electrons. The van der Waals surface area contributed by atoms with Crippen LogP contribution in [0.5, 0.6) is 11.5 Å². The van der Waals surface area contributed by atoms with Gasteiger partial charge < -0.3 is 19.3 Å². The number of hydrogen-bond acceptors (Lipinski definition) is 4. The van der Waals surface area contributed by atoms with Crippen LogP contribution in [-0.4, -0.2) is 23.6 Å². The lowest BCUT2D eigenvalue weighted by Gasteiger charge is -2.27. The van der Waals surface area contributed by atoms with E-state index in [1.165, 1.54) is 0 Å². The van der Waals surface area contributed by atoms with Crippen molar-refractivity contribution >= 4 is 18.2 Å². The Labute approximate surface area is 215 Å². The third-order valence-corrected chi connectivity index (χ3v) is 5.50. The lowest BCUT2D eigenvalue weighted by molar-refractivity contribution is -0.134. The zero-order valence-corrected chi connectivity index (χ0v) is 21.8. The first-order valence-electron chi connectivity index (χ1n) is 12.1. The molecule has 0 bridgehead atoms. The number of benzene rings is 3. The van der Waals surface area contributed by atoms with Gasteiger partial charge in [0.1, 0.15) is 17.1 Å². The minimum absolute atomic E-state index is 0.395. The third kappa shape index (κ3) is 8.79. The van der Waals surface area contributed by atoms with Crippen LogP contribution < -0.4 is 9.47 Å². The molecule has 3 rings (SSSR count). The van der Waals surface area contributed by atoms with Gasteiger partial charge in [0.05, 0.1) is 6.26 Å². The maximum absolute atomic E-state index is 9.03. The molecule has 0 aliphatic carbocycles. The second kappa shape index (κ2) is 12.3. The second-order valence-electron chi connectivity index (χ2n) is 9.67. The number of aliphatic hydroxyl groups excluding tert-OH is 1. The molecule has 0 spiro atoms. The number of hydrogen-bond donors (Lipinski definition) is 1. The number of aliphatic hydroxyl groups is 1. The van der Waals surface area contributed by atoms with Crippen molar-refractivity contribution in [2.24, 2.45) is 0 Å². The zero-order chi connectivity index (χ0) is 26.0. The molecule has 0 amide bonds. The van der Waals surface area contributed by atoms with Gasteiger partial charge in [-0.05, 0) is 66.4 Å². The van der Waals surface area contributed by atoms with E-state index < -0.39 is 11.4 Å². The van der Waals surface area contributed by atoms with E-state index in [4.69, 9.17) is 19.3 Å². The lowest BCUT2D eigenvalue weighted by atomic mass is 9.97. The molecule has 0 heterocycles. The molecular weight excluding hydrogens is 448 g/mol. The molecule has 0 saturated heterocycles. The highest BCUT2D eigenvalue weighted by Gasteiger charge is 2.21. The molecule has 0 atom stereocenters. The van der Waals surface area contributed by atoms with E-state index in [-0.39, 0.29) is 0 Å². The van der Waals surface area contributed by atoms with Crippen molar-refractivity contribution in [2.75, 3.05) is 7.11 Å². The Bertz CT molecular complexity index is 1220. The SMILES string of the molecule is COC(C)(C)Oc1cccc(C=CC=Cc2cccc(OC(C)(C)Cc3cccc(C=CO)c3)c2)c1. The number of methoxy groups -OCH3 is 1. The van der Waals surface area contributed by atoms with Gasteiger partial charge in [-0.3, -0.25) is 0 Å². The van der Waals surface area contributed by atoms with Crippen LogP contribution in [-0.2, 0) is 11.2 Å². The van der Waals surface area contributed by atoms with Gasteiger partial charge in [-0.25, -0.2) is 0 Å². The molecule has 0 saturated carbocycles. The monoisotopic (exact) mass is 484 g/mol. The predicted molar refractivity (Wildman–Crippen MR) is 149 cm³/mol. The first kappa shape index (κ1) is 26.8. The summed E-state index contributed by atoms with van der Waals surface area (Å²) in [6.45, 7) is 7.92. The quantitative estimate of drug-likeness (QED) is 0.170. The summed E-state index contributed by atoms with van der Waals surface area (Å²) in [5.41, 5.74) is 3.82. The molecule has 0 aliphatic heterocycles. The molecular formula is C32H36O4. The van der Waals surface area contributed by atoms with Gasteiger partial charge in [-0.2, -0.15) is 0 Å². The largest absolute Gasteiger partial charge is 0.516 e. The molecule has 1 N–H and O–H groups in total. The van der Waals surface area contributed by atoms with E-state index >= 15 is 0 Å². The van der Waals surface area contributed by atoms with E-state index in [0.29, 0.717) is 0 Å². The average Bonchev–Trinajstić information content (AvgIpc) is 2.82. The van der Waals surface area contributed by atoms with Crippen LogP contribution in [0.2, 0.25) is 0 Å². The van der Waals surface area contributed by atoms with Crippen LogP contribution in [0.15, 0.2) is 91.2 Å². The molecule has 4 nitrogen and oxygen atoms in total. The summed E-state index contributed by atoms with van der Waals surface area (Å²) in [6, 6.07) is 24.1. The van der Waals surface area contributed by atoms with Gasteiger partial charge in [-0.1, -0.05) is 72.8 Å². The first-order valence-corrected chi connectivity index (χ1v) is 12.1. The summed E-state index contributed by atoms with van der Waals surface area (Å²) < 4.78 is 17.6. The summed E-state index contributed by atoms with van der Waals surface area (Å²) in [4.78, 5) is 0. The van der Waals surface area contributed by atoms with E-state index in [2.05, 4.69) is 38.1 Å². The van der Waals surface area contributed by atoms with Crippen molar-refractivity contribution in [1.29, 1.82) is 0 Å². The van der Waals surface area contributed by atoms with E-state index in [0.717, 1.165) is 46.4 Å². The smallest absolute Gasteiger partial charge is 0.204 e. The van der Waals surface area contributed by atoms with Crippen LogP contribution in [0.4, 0.5) is 0 Å². The van der Waals surface area contributed by atoms with Gasteiger partial charge in [0.15, 0.2) is 0 Å². The summed E-state index contributed by atoms with van der Waals surface area (Å²) in [6.07, 6.45) is 11.6. The number of ether oxygens (including phenoxy) is 3. The number of allylic oxidation sites excluding steroid dienone is 2. The fourth-order valence-corrected chi connectivity index (χ4v) is 3.76. The van der Waals surface area contributed by atoms with Gasteiger partial charge in [0.25, 0.3) is 0 Å². The Kier molecular flexibility index (Phi) is 9.15. The normalized spacial score (nSPS) is 12.6. The Hall–Kier alpha value is -3.76. The van der Waals surface area contributed by atoms with E-state index in [9.17, 15) is 0 Å². The maximum atomic E-state index is 9.03. The standard InChI is InChI=1S/C32H36O4/c1-31(2,24-28-16-8-13-27(21-28)19-20-33)35-29-17-9-14-25(22-29)11-6-7-12-26-15-10-18-30(23-26)36-32(3,4)34-5/h6-23,33H,24H2,1-5H3. The molecule has 36 heavy (non-hydrogen) atoms. The van der Waals surface area contributed by atoms with Crippen LogP contribution in [0.3, 0.4) is 0 Å². The average molecular weight is 485 g/mol. The molecule has 3 aromatic carbocycles. The summed E-state index contributed by atoms with van der Waals surface area (Å²) >= 11 is 0. The zero-order valence-electron chi connectivity index (χ0n) is 21.8. The van der Waals surface area contributed by atoms with E-state index in [1.54, 1.807) is 13.2 Å². The Balaban J connectivity index is 1.62. The Morgan fingerprint density at radius 3 is 1.78 bits per heavy atom. The van der Waals surface area contributed by atoms with Crippen molar-refractivity contribution in [1.82, 2.24) is 0 Å². The highest BCUT2D eigenvalue weighted by Crippen LogP contribution is 2.24. The summed E-state index contributed by atoms with van der Waals surface area (Å²) in [5, 5.41) is 9.03. The molecule has 4 heteroatoms. The van der Waals surface area contributed by atoms with Gasteiger partial charge >= 0.3 is 0 Å². The minimum atomic E-state index is -0.675. The van der Waals surface area contributed by atoms with Gasteiger partial charge in [0, 0.05) is 27.4 Å². The lowest BCUT2D eigenvalue weighted by Crippen LogP contribution is -2.31. The van der Waals surface area contributed by atoms with Crippen LogP contribution in [0.1, 0.15) is 49.9 Å². The van der Waals surface area contributed by atoms with Crippen LogP contribution in [0, 0.1) is 0 Å². The van der Waals surface area contributed by atoms with Crippen LogP contribution >= 0.6 is 0 Å². The third-order valence-electron chi connectivity index (χ3n) is 5.50. The van der Waals surface area contributed by atoms with Crippen LogP contribution in [0.25, 0.3) is 18.2 Å². The molecule has 0 aliphatic rings. The van der Waals surface area contributed by atoms with Crippen molar-refractivity contribution in [3.05, 3.63) is 113 Å². The molecule has 0 fully saturated rings. The Morgan fingerprint density at radius 1 is 0.694 bits per heavy atom. The predicted octanol–water partition coefficient (Wildman–Crippen LogP) is 8.10. The fourth-order valence-electron chi connectivity index (χ4n) is 3.76. The molecule has 188 valence electrons. The van der Waals surface area contributed by atoms with Crippen molar-refractivity contribution in [3.63, 3.8) is 0 Å². The molecule has 0 unspecified atom stereocenters. The summed E-state index contributed by atoms with van der Waals surface area (Å²) in [5.74, 6) is 0.908. The van der Waals surface area contributed by atoms with Gasteiger partial charge in [0.2, 0.25) is 5.79 Å². The summed E-state index contributed by atoms with van der Waals surface area (Å²) in [7, 11) is 1.63. The minimum Gasteiger partial charge on any atom is -0.516 e. The van der Waals surface area contributed by atoms with Gasteiger partial charge in [-0.15, -0.1) is 0 Å². The molecule has 0 aromatic heterocycles. The Morgan fingerprint density at radius 2 is 1.22 bits per heavy atom. The van der Waals surface area contributed by atoms with E-state index in [1.807, 2.05) is 86.7 Å². The maximum Gasteiger partial charge on any atom is 0.204 e. The highest BCUT2D eigenvalue weighted by atomic mass is 16.7. The topological polar surface area (TPSA) is 47.9 Å². The van der Waals surface area contributed by atoms with Crippen molar-refractivity contribution < 1.29 is 19.3 Å². The second-order valence-corrected chi connectivity index (χ2v) is 9.67. The first-order chi connectivity index (χ1) is 17.2. The fraction of sp³-hybridized carbons (Fsp3) is 0.250. The van der Waals surface area contributed by atoms with Crippen molar-refractivity contribution in [2.45, 2.75) is 45.5 Å². The molecule has 3 aromatic rings. The van der Waals surface area contributed by atoms with Crippen molar-refractivity contribution in [3.8, 4) is 11.5 Å².